The van der Waals surface area contributed by atoms with Crippen LogP contribution in [0.3, 0.4) is 0 Å². The van der Waals surface area contributed by atoms with E-state index < -0.39 is 25.2 Å². The summed E-state index contributed by atoms with van der Waals surface area (Å²) >= 11 is 0. The van der Waals surface area contributed by atoms with Gasteiger partial charge < -0.3 is 8.23 Å². The number of hydrogen-bond donors (Lipinski definition) is 0. The zero-order valence-electron chi connectivity index (χ0n) is 14.2. The largest absolute Gasteiger partial charge is 0.433 e. The van der Waals surface area contributed by atoms with Gasteiger partial charge in [0.1, 0.15) is 0 Å². The van der Waals surface area contributed by atoms with Gasteiger partial charge in [0, 0.05) is 0 Å². The van der Waals surface area contributed by atoms with Crippen LogP contribution in [0.4, 0.5) is 0 Å². The van der Waals surface area contributed by atoms with E-state index in [-0.39, 0.29) is 0 Å². The van der Waals surface area contributed by atoms with Gasteiger partial charge in [0.15, 0.2) is 0 Å². The SMILES string of the molecule is C[Si](C)(O[Si](C)(C)C1=CCC=C1)O[Si](C)(C)C1=CCC=C1. The van der Waals surface area contributed by atoms with Crippen molar-refractivity contribution < 1.29 is 8.23 Å². The lowest BCUT2D eigenvalue weighted by molar-refractivity contribution is 0.398. The quantitative estimate of drug-likeness (QED) is 0.637. The van der Waals surface area contributed by atoms with Gasteiger partial charge >= 0.3 is 8.56 Å². The molecule has 2 nitrogen and oxygen atoms in total. The molecule has 116 valence electrons. The van der Waals surface area contributed by atoms with Crippen LogP contribution in [-0.2, 0) is 8.23 Å². The molecule has 0 aromatic rings. The minimum Gasteiger partial charge on any atom is -0.433 e. The van der Waals surface area contributed by atoms with Crippen LogP contribution in [0, 0.1) is 0 Å². The highest BCUT2D eigenvalue weighted by atomic mass is 28.5. The normalized spacial score (nSPS) is 19.1. The molecule has 0 spiro atoms. The molecule has 0 N–H and O–H groups in total. The first-order chi connectivity index (χ1) is 9.62. The molecule has 0 radical (unpaired) electrons. The smallest absolute Gasteiger partial charge is 0.311 e. The van der Waals surface area contributed by atoms with Crippen LogP contribution < -0.4 is 0 Å². The molecule has 2 aliphatic rings. The van der Waals surface area contributed by atoms with E-state index in [1.165, 1.54) is 10.4 Å². The molecule has 0 aromatic heterocycles. The van der Waals surface area contributed by atoms with Crippen LogP contribution in [0.1, 0.15) is 12.8 Å². The minimum atomic E-state index is -2.14. The van der Waals surface area contributed by atoms with Crippen molar-refractivity contribution in [1.29, 1.82) is 0 Å². The Kier molecular flexibility index (Phi) is 4.80. The first-order valence-corrected chi connectivity index (χ1v) is 16.4. The Bertz CT molecular complexity index is 480. The van der Waals surface area contributed by atoms with E-state index in [1.54, 1.807) is 0 Å². The summed E-state index contributed by atoms with van der Waals surface area (Å²) in [5.74, 6) is 0. The van der Waals surface area contributed by atoms with Gasteiger partial charge in [-0.15, -0.1) is 0 Å². The monoisotopic (exact) mass is 336 g/mol. The summed E-state index contributed by atoms with van der Waals surface area (Å²) < 4.78 is 13.2. The lowest BCUT2D eigenvalue weighted by Crippen LogP contribution is -2.53. The van der Waals surface area contributed by atoms with Crippen LogP contribution in [0.2, 0.25) is 39.3 Å². The van der Waals surface area contributed by atoms with Crippen molar-refractivity contribution in [3.8, 4) is 0 Å². The molecule has 2 aliphatic carbocycles. The summed E-state index contributed by atoms with van der Waals surface area (Å²) in [5, 5.41) is 2.82. The average molecular weight is 337 g/mol. The molecule has 2 rings (SSSR count). The van der Waals surface area contributed by atoms with Crippen LogP contribution >= 0.6 is 0 Å². The first-order valence-electron chi connectivity index (χ1n) is 7.77. The molecular weight excluding hydrogens is 308 g/mol. The van der Waals surface area contributed by atoms with Crippen molar-refractivity contribution in [2.24, 2.45) is 0 Å². The third-order valence-corrected chi connectivity index (χ3v) is 15.5. The molecule has 0 bridgehead atoms. The Morgan fingerprint density at radius 2 is 1.10 bits per heavy atom. The van der Waals surface area contributed by atoms with Crippen LogP contribution in [0.15, 0.2) is 46.8 Å². The highest BCUT2D eigenvalue weighted by Gasteiger charge is 2.42. The zero-order valence-corrected chi connectivity index (χ0v) is 17.2. The summed E-state index contributed by atoms with van der Waals surface area (Å²) in [6.45, 7) is 13.6. The fourth-order valence-electron chi connectivity index (χ4n) is 3.18. The van der Waals surface area contributed by atoms with Gasteiger partial charge in [-0.2, -0.15) is 0 Å². The molecule has 0 heterocycles. The van der Waals surface area contributed by atoms with E-state index in [0.717, 1.165) is 12.8 Å². The van der Waals surface area contributed by atoms with Crippen molar-refractivity contribution in [2.45, 2.75) is 52.1 Å². The Morgan fingerprint density at radius 3 is 1.38 bits per heavy atom. The van der Waals surface area contributed by atoms with Crippen molar-refractivity contribution in [3.63, 3.8) is 0 Å². The molecule has 0 unspecified atom stereocenters. The lowest BCUT2D eigenvalue weighted by Gasteiger charge is -2.39. The molecule has 0 aliphatic heterocycles. The predicted octanol–water partition coefficient (Wildman–Crippen LogP) is 4.98. The minimum absolute atomic E-state index is 1.05. The van der Waals surface area contributed by atoms with Crippen LogP contribution in [0.25, 0.3) is 0 Å². The second kappa shape index (κ2) is 5.97. The topological polar surface area (TPSA) is 18.5 Å². The van der Waals surface area contributed by atoms with E-state index in [1.807, 2.05) is 0 Å². The summed E-state index contributed by atoms with van der Waals surface area (Å²) in [7, 11) is -5.83. The highest BCUT2D eigenvalue weighted by molar-refractivity contribution is 6.92. The summed E-state index contributed by atoms with van der Waals surface area (Å²) in [5.41, 5.74) is 0. The highest BCUT2D eigenvalue weighted by Crippen LogP contribution is 2.31. The zero-order chi connectivity index (χ0) is 15.7. The Labute approximate surface area is 132 Å². The molecule has 0 fully saturated rings. The average Bonchev–Trinajstić information content (AvgIpc) is 3.00. The van der Waals surface area contributed by atoms with Crippen LogP contribution in [-0.4, -0.2) is 25.2 Å². The second-order valence-electron chi connectivity index (χ2n) is 7.22. The van der Waals surface area contributed by atoms with Crippen molar-refractivity contribution in [3.05, 3.63) is 46.8 Å². The summed E-state index contributed by atoms with van der Waals surface area (Å²) in [6, 6.07) is 0. The number of hydrogen-bond acceptors (Lipinski definition) is 2. The third-order valence-electron chi connectivity index (χ3n) is 3.93. The molecule has 0 saturated carbocycles. The maximum atomic E-state index is 6.62. The van der Waals surface area contributed by atoms with Crippen molar-refractivity contribution >= 4 is 25.2 Å². The lowest BCUT2D eigenvalue weighted by atomic mass is 10.5. The Morgan fingerprint density at radius 1 is 0.714 bits per heavy atom. The predicted molar refractivity (Wildman–Crippen MR) is 98.3 cm³/mol. The fourth-order valence-corrected chi connectivity index (χ4v) is 16.8. The van der Waals surface area contributed by atoms with Crippen molar-refractivity contribution in [2.75, 3.05) is 0 Å². The maximum Gasteiger partial charge on any atom is 0.311 e. The van der Waals surface area contributed by atoms with Gasteiger partial charge in [-0.3, -0.25) is 0 Å². The molecule has 0 saturated heterocycles. The third kappa shape index (κ3) is 4.26. The van der Waals surface area contributed by atoms with Gasteiger partial charge in [-0.25, -0.2) is 0 Å². The molecule has 0 aromatic carbocycles. The van der Waals surface area contributed by atoms with Gasteiger partial charge in [-0.05, 0) is 62.5 Å². The second-order valence-corrected chi connectivity index (χ2v) is 18.8. The molecule has 5 heteroatoms. The van der Waals surface area contributed by atoms with E-state index in [9.17, 15) is 0 Å². The molecule has 0 amide bonds. The first kappa shape index (κ1) is 16.9. The summed E-state index contributed by atoms with van der Waals surface area (Å²) in [4.78, 5) is 0. The van der Waals surface area contributed by atoms with E-state index in [4.69, 9.17) is 8.23 Å². The standard InChI is InChI=1S/C16H28O2Si3/c1-19(2,15-11-7-8-12-15)17-21(5,6)18-20(3,4)16-13-9-10-14-16/h7,9,11-14H,8,10H2,1-6H3. The maximum absolute atomic E-state index is 6.62. The van der Waals surface area contributed by atoms with Gasteiger partial charge in [0.05, 0.1) is 0 Å². The van der Waals surface area contributed by atoms with Crippen molar-refractivity contribution in [1.82, 2.24) is 0 Å². The number of allylic oxidation sites excluding steroid dienone is 8. The fraction of sp³-hybridized carbons (Fsp3) is 0.500. The summed E-state index contributed by atoms with van der Waals surface area (Å²) in [6.07, 6.45) is 15.6. The molecule has 0 atom stereocenters. The van der Waals surface area contributed by atoms with Crippen LogP contribution in [0.5, 0.6) is 0 Å². The van der Waals surface area contributed by atoms with E-state index in [0.29, 0.717) is 0 Å². The van der Waals surface area contributed by atoms with E-state index in [2.05, 4.69) is 75.7 Å². The Hall–Kier alpha value is -0.469. The molecular formula is C16H28O2Si3. The number of rotatable bonds is 6. The molecule has 21 heavy (non-hydrogen) atoms. The van der Waals surface area contributed by atoms with Gasteiger partial charge in [-0.1, -0.05) is 36.5 Å². The van der Waals surface area contributed by atoms with Gasteiger partial charge in [0.2, 0.25) is 16.6 Å². The van der Waals surface area contributed by atoms with Gasteiger partial charge in [0.25, 0.3) is 0 Å². The Balaban J connectivity index is 2.07. The van der Waals surface area contributed by atoms with E-state index >= 15 is 0 Å².